The highest BCUT2D eigenvalue weighted by molar-refractivity contribution is 6.58. The van der Waals surface area contributed by atoms with Crippen molar-refractivity contribution in [2.45, 2.75) is 6.42 Å². The molecular formula is C12H12BNO2. The van der Waals surface area contributed by atoms with E-state index in [1.807, 2.05) is 30.3 Å². The highest BCUT2D eigenvalue weighted by atomic mass is 16.4. The van der Waals surface area contributed by atoms with Crippen LogP contribution in [0.4, 0.5) is 0 Å². The molecule has 4 heteroatoms. The molecule has 0 unspecified atom stereocenters. The first-order valence-electron chi connectivity index (χ1n) is 5.09. The second-order valence-corrected chi connectivity index (χ2v) is 3.66. The van der Waals surface area contributed by atoms with E-state index in [1.54, 1.807) is 12.3 Å². The normalized spacial score (nSPS) is 10.1. The van der Waals surface area contributed by atoms with Crippen LogP contribution in [0.25, 0.3) is 0 Å². The Balaban J connectivity index is 2.19. The van der Waals surface area contributed by atoms with Crippen molar-refractivity contribution in [3.63, 3.8) is 0 Å². The first kappa shape index (κ1) is 10.9. The molecule has 0 atom stereocenters. The van der Waals surface area contributed by atoms with Gasteiger partial charge in [-0.25, -0.2) is 0 Å². The lowest BCUT2D eigenvalue weighted by Gasteiger charge is -2.04. The molecule has 2 rings (SSSR count). The van der Waals surface area contributed by atoms with E-state index in [1.165, 1.54) is 11.8 Å². The number of aromatic nitrogens is 1. The monoisotopic (exact) mass is 213 g/mol. The van der Waals surface area contributed by atoms with Gasteiger partial charge in [0.15, 0.2) is 0 Å². The zero-order valence-corrected chi connectivity index (χ0v) is 8.74. The minimum Gasteiger partial charge on any atom is -0.423 e. The highest BCUT2D eigenvalue weighted by Crippen LogP contribution is 2.06. The SMILES string of the molecule is OB(O)c1cncc(Cc2ccccc2)c1. The van der Waals surface area contributed by atoms with Crippen molar-refractivity contribution in [3.05, 3.63) is 59.9 Å². The fourth-order valence-corrected chi connectivity index (χ4v) is 1.58. The molecule has 0 fully saturated rings. The summed E-state index contributed by atoms with van der Waals surface area (Å²) >= 11 is 0. The summed E-state index contributed by atoms with van der Waals surface area (Å²) in [5.74, 6) is 0. The van der Waals surface area contributed by atoms with Gasteiger partial charge in [0, 0.05) is 17.9 Å². The number of hydrogen-bond acceptors (Lipinski definition) is 3. The summed E-state index contributed by atoms with van der Waals surface area (Å²) in [6, 6.07) is 11.7. The summed E-state index contributed by atoms with van der Waals surface area (Å²) in [7, 11) is -1.46. The quantitative estimate of drug-likeness (QED) is 0.723. The van der Waals surface area contributed by atoms with E-state index >= 15 is 0 Å². The van der Waals surface area contributed by atoms with Crippen LogP contribution >= 0.6 is 0 Å². The molecule has 1 aromatic carbocycles. The van der Waals surface area contributed by atoms with Crippen LogP contribution in [-0.4, -0.2) is 22.2 Å². The molecule has 16 heavy (non-hydrogen) atoms. The number of rotatable bonds is 3. The number of benzene rings is 1. The van der Waals surface area contributed by atoms with Crippen LogP contribution in [0.3, 0.4) is 0 Å². The molecule has 0 aliphatic heterocycles. The molecule has 0 radical (unpaired) electrons. The second-order valence-electron chi connectivity index (χ2n) is 3.66. The lowest BCUT2D eigenvalue weighted by atomic mass is 9.81. The van der Waals surface area contributed by atoms with E-state index < -0.39 is 7.12 Å². The number of pyridine rings is 1. The van der Waals surface area contributed by atoms with Crippen molar-refractivity contribution in [1.82, 2.24) is 4.98 Å². The molecule has 3 nitrogen and oxygen atoms in total. The second kappa shape index (κ2) is 4.92. The molecule has 2 aromatic rings. The number of nitrogens with zero attached hydrogens (tertiary/aromatic N) is 1. The lowest BCUT2D eigenvalue weighted by molar-refractivity contribution is 0.425. The maximum Gasteiger partial charge on any atom is 0.490 e. The standard InChI is InChI=1S/C12H12BNO2/c15-13(16)12-7-11(8-14-9-12)6-10-4-2-1-3-5-10/h1-5,7-9,15-16H,6H2. The maximum absolute atomic E-state index is 9.03. The Kier molecular flexibility index (Phi) is 3.34. The Labute approximate surface area is 94.6 Å². The van der Waals surface area contributed by atoms with E-state index in [0.717, 1.165) is 12.0 Å². The van der Waals surface area contributed by atoms with Crippen LogP contribution in [0, 0.1) is 0 Å². The zero-order valence-electron chi connectivity index (χ0n) is 8.74. The van der Waals surface area contributed by atoms with Crippen molar-refractivity contribution in [2.24, 2.45) is 0 Å². The summed E-state index contributed by atoms with van der Waals surface area (Å²) in [6.07, 6.45) is 3.94. The average molecular weight is 213 g/mol. The molecule has 0 aliphatic rings. The molecule has 1 aromatic heterocycles. The summed E-state index contributed by atoms with van der Waals surface area (Å²) in [5.41, 5.74) is 2.57. The lowest BCUT2D eigenvalue weighted by Crippen LogP contribution is -2.30. The van der Waals surface area contributed by atoms with Gasteiger partial charge in [-0.2, -0.15) is 0 Å². The van der Waals surface area contributed by atoms with Crippen LogP contribution in [0.2, 0.25) is 0 Å². The van der Waals surface area contributed by atoms with Gasteiger partial charge < -0.3 is 10.0 Å². The van der Waals surface area contributed by atoms with Gasteiger partial charge in [0.2, 0.25) is 0 Å². The first-order valence-corrected chi connectivity index (χ1v) is 5.09. The predicted molar refractivity (Wildman–Crippen MR) is 63.3 cm³/mol. The molecule has 0 bridgehead atoms. The molecule has 80 valence electrons. The molecule has 1 heterocycles. The van der Waals surface area contributed by atoms with Gasteiger partial charge in [-0.3, -0.25) is 4.98 Å². The summed E-state index contributed by atoms with van der Waals surface area (Å²) in [6.45, 7) is 0. The molecule has 0 amide bonds. The average Bonchev–Trinajstić information content (AvgIpc) is 2.30. The largest absolute Gasteiger partial charge is 0.490 e. The van der Waals surface area contributed by atoms with Crippen molar-refractivity contribution >= 4 is 12.6 Å². The third kappa shape index (κ3) is 2.69. The Morgan fingerprint density at radius 1 is 1.00 bits per heavy atom. The highest BCUT2D eigenvalue weighted by Gasteiger charge is 2.11. The van der Waals surface area contributed by atoms with Crippen LogP contribution in [0.5, 0.6) is 0 Å². The van der Waals surface area contributed by atoms with E-state index in [2.05, 4.69) is 4.98 Å². The smallest absolute Gasteiger partial charge is 0.423 e. The predicted octanol–water partition coefficient (Wildman–Crippen LogP) is 0.352. The molecule has 0 saturated carbocycles. The third-order valence-corrected chi connectivity index (χ3v) is 2.37. The molecule has 0 spiro atoms. The minimum atomic E-state index is -1.46. The fraction of sp³-hybridized carbons (Fsp3) is 0.0833. The van der Waals surface area contributed by atoms with E-state index in [9.17, 15) is 0 Å². The Bertz CT molecular complexity index is 460. The summed E-state index contributed by atoms with van der Waals surface area (Å²) < 4.78 is 0. The Hall–Kier alpha value is -1.65. The van der Waals surface area contributed by atoms with Crippen molar-refractivity contribution in [2.75, 3.05) is 0 Å². The van der Waals surface area contributed by atoms with Crippen LogP contribution in [0.15, 0.2) is 48.8 Å². The van der Waals surface area contributed by atoms with Crippen LogP contribution in [0.1, 0.15) is 11.1 Å². The van der Waals surface area contributed by atoms with Gasteiger partial charge in [-0.1, -0.05) is 36.4 Å². The van der Waals surface area contributed by atoms with Gasteiger partial charge in [-0.15, -0.1) is 0 Å². The van der Waals surface area contributed by atoms with Crippen molar-refractivity contribution in [3.8, 4) is 0 Å². The van der Waals surface area contributed by atoms with Gasteiger partial charge >= 0.3 is 7.12 Å². The maximum atomic E-state index is 9.03. The molecule has 2 N–H and O–H groups in total. The topological polar surface area (TPSA) is 53.4 Å². The van der Waals surface area contributed by atoms with Gasteiger partial charge in [0.05, 0.1) is 0 Å². The van der Waals surface area contributed by atoms with E-state index in [0.29, 0.717) is 5.46 Å². The zero-order chi connectivity index (χ0) is 11.4. The summed E-state index contributed by atoms with van der Waals surface area (Å²) in [4.78, 5) is 3.98. The van der Waals surface area contributed by atoms with E-state index in [4.69, 9.17) is 10.0 Å². The molecule has 0 saturated heterocycles. The third-order valence-electron chi connectivity index (χ3n) is 2.37. The van der Waals surface area contributed by atoms with Crippen molar-refractivity contribution < 1.29 is 10.0 Å². The minimum absolute atomic E-state index is 0.424. The van der Waals surface area contributed by atoms with E-state index in [-0.39, 0.29) is 0 Å². The van der Waals surface area contributed by atoms with Crippen LogP contribution < -0.4 is 5.46 Å². The van der Waals surface area contributed by atoms with Crippen LogP contribution in [-0.2, 0) is 6.42 Å². The molecule has 0 aliphatic carbocycles. The Morgan fingerprint density at radius 2 is 1.75 bits per heavy atom. The fourth-order valence-electron chi connectivity index (χ4n) is 1.58. The van der Waals surface area contributed by atoms with Gasteiger partial charge in [0.25, 0.3) is 0 Å². The summed E-state index contributed by atoms with van der Waals surface area (Å²) in [5, 5.41) is 18.1. The Morgan fingerprint density at radius 3 is 2.44 bits per heavy atom. The van der Waals surface area contributed by atoms with Gasteiger partial charge in [-0.05, 0) is 17.5 Å². The first-order chi connectivity index (χ1) is 7.75. The van der Waals surface area contributed by atoms with Crippen molar-refractivity contribution in [1.29, 1.82) is 0 Å². The molecular weight excluding hydrogens is 201 g/mol. The number of hydrogen-bond donors (Lipinski definition) is 2. The van der Waals surface area contributed by atoms with Gasteiger partial charge in [0.1, 0.15) is 0 Å².